The predicted molar refractivity (Wildman–Crippen MR) is 104 cm³/mol. The van der Waals surface area contributed by atoms with Crippen LogP contribution in [-0.4, -0.2) is 92.3 Å². The lowest BCUT2D eigenvalue weighted by Gasteiger charge is -2.60. The lowest BCUT2D eigenvalue weighted by atomic mass is 9.69. The topological polar surface area (TPSA) is 127 Å². The van der Waals surface area contributed by atoms with Crippen molar-refractivity contribution in [1.29, 1.82) is 0 Å². The summed E-state index contributed by atoms with van der Waals surface area (Å²) < 4.78 is 34.0. The molecule has 2 saturated heterocycles. The Hall–Kier alpha value is -2.24. The molecule has 1 saturated carbocycles. The van der Waals surface area contributed by atoms with Gasteiger partial charge in [0.1, 0.15) is 12.7 Å². The second kappa shape index (κ2) is 9.92. The van der Waals surface area contributed by atoms with Crippen LogP contribution in [0.1, 0.15) is 40.5 Å². The molecular weight excluding hydrogens is 414 g/mol. The standard InChI is InChI=1S/C20H31NO10/c1-12(22)26-11-16-19(30-15(4)25)7-8-20(31-16,27-10-9-21(5)6)18(29-14(3)24)17(19)28-13(2)23/h16-18H,7-11H2,1-6H3. The van der Waals surface area contributed by atoms with Crippen LogP contribution >= 0.6 is 0 Å². The van der Waals surface area contributed by atoms with E-state index in [1.807, 2.05) is 19.0 Å². The van der Waals surface area contributed by atoms with Crippen molar-refractivity contribution in [3.05, 3.63) is 0 Å². The highest BCUT2D eigenvalue weighted by atomic mass is 16.8. The number of carbonyl (C=O) groups is 4. The molecule has 5 unspecified atom stereocenters. The average Bonchev–Trinajstić information content (AvgIpc) is 2.62. The van der Waals surface area contributed by atoms with E-state index in [0.29, 0.717) is 6.54 Å². The molecular formula is C20H31NO10. The van der Waals surface area contributed by atoms with Gasteiger partial charge >= 0.3 is 23.9 Å². The molecule has 0 aromatic heterocycles. The summed E-state index contributed by atoms with van der Waals surface area (Å²) in [6, 6.07) is 0. The van der Waals surface area contributed by atoms with Gasteiger partial charge in [0.15, 0.2) is 17.8 Å². The van der Waals surface area contributed by atoms with E-state index in [9.17, 15) is 19.2 Å². The quantitative estimate of drug-likeness (QED) is 0.356. The van der Waals surface area contributed by atoms with E-state index in [1.54, 1.807) is 0 Å². The summed E-state index contributed by atoms with van der Waals surface area (Å²) in [5.41, 5.74) is -1.53. The zero-order valence-electron chi connectivity index (χ0n) is 18.8. The van der Waals surface area contributed by atoms with Crippen LogP contribution in [0.15, 0.2) is 0 Å². The molecule has 3 rings (SSSR count). The fourth-order valence-electron chi connectivity index (χ4n) is 4.02. The highest BCUT2D eigenvalue weighted by Gasteiger charge is 2.72. The molecule has 11 heteroatoms. The Morgan fingerprint density at radius 1 is 0.903 bits per heavy atom. The minimum atomic E-state index is -1.53. The summed E-state index contributed by atoms with van der Waals surface area (Å²) in [7, 11) is 3.73. The van der Waals surface area contributed by atoms with E-state index in [1.165, 1.54) is 27.7 Å². The van der Waals surface area contributed by atoms with Crippen LogP contribution in [0.4, 0.5) is 0 Å². The fraction of sp³-hybridized carbons (Fsp3) is 0.800. The van der Waals surface area contributed by atoms with Gasteiger partial charge in [0.05, 0.1) is 6.61 Å². The van der Waals surface area contributed by atoms with E-state index in [2.05, 4.69) is 0 Å². The minimum Gasteiger partial charge on any atom is -0.463 e. The van der Waals surface area contributed by atoms with Crippen molar-refractivity contribution >= 4 is 23.9 Å². The average molecular weight is 445 g/mol. The van der Waals surface area contributed by atoms with Crippen LogP contribution in [0.5, 0.6) is 0 Å². The van der Waals surface area contributed by atoms with Gasteiger partial charge in [0.25, 0.3) is 0 Å². The summed E-state index contributed by atoms with van der Waals surface area (Å²) >= 11 is 0. The van der Waals surface area contributed by atoms with Gasteiger partial charge in [-0.3, -0.25) is 19.2 Å². The molecule has 176 valence electrons. The first-order valence-corrected chi connectivity index (χ1v) is 10.1. The lowest BCUT2D eigenvalue weighted by molar-refractivity contribution is -0.416. The SMILES string of the molecule is CC(=O)OCC1OC2(OCCN(C)C)CCC1(OC(C)=O)C(OC(C)=O)C2OC(C)=O. The molecule has 0 aromatic carbocycles. The highest BCUT2D eigenvalue weighted by Crippen LogP contribution is 2.52. The molecule has 2 heterocycles. The smallest absolute Gasteiger partial charge is 0.303 e. The maximum atomic E-state index is 12.0. The number of esters is 4. The number of fused-ring (bicyclic) bond motifs is 3. The highest BCUT2D eigenvalue weighted by molar-refractivity contribution is 5.69. The molecule has 0 aromatic rings. The van der Waals surface area contributed by atoms with Crippen molar-refractivity contribution in [2.24, 2.45) is 0 Å². The molecule has 11 nitrogen and oxygen atoms in total. The molecule has 1 aliphatic carbocycles. The van der Waals surface area contributed by atoms with Gasteiger partial charge < -0.3 is 33.3 Å². The number of likely N-dealkylation sites (N-methyl/N-ethyl adjacent to an activating group) is 1. The largest absolute Gasteiger partial charge is 0.463 e. The minimum absolute atomic E-state index is 0.177. The van der Waals surface area contributed by atoms with Gasteiger partial charge in [-0.2, -0.15) is 0 Å². The maximum absolute atomic E-state index is 12.0. The monoisotopic (exact) mass is 445 g/mol. The summed E-state index contributed by atoms with van der Waals surface area (Å²) in [6.45, 7) is 5.32. The van der Waals surface area contributed by atoms with Crippen molar-refractivity contribution < 1.29 is 47.6 Å². The molecule has 5 atom stereocenters. The van der Waals surface area contributed by atoms with Gasteiger partial charge in [-0.25, -0.2) is 0 Å². The Labute approximate surface area is 181 Å². The van der Waals surface area contributed by atoms with Crippen LogP contribution < -0.4 is 0 Å². The molecule has 3 fully saturated rings. The van der Waals surface area contributed by atoms with E-state index in [4.69, 9.17) is 28.4 Å². The zero-order chi connectivity index (χ0) is 23.4. The van der Waals surface area contributed by atoms with Crippen molar-refractivity contribution in [2.75, 3.05) is 33.9 Å². The third kappa shape index (κ3) is 5.72. The maximum Gasteiger partial charge on any atom is 0.303 e. The third-order valence-corrected chi connectivity index (χ3v) is 5.18. The van der Waals surface area contributed by atoms with Gasteiger partial charge in [0, 0.05) is 40.7 Å². The molecule has 0 N–H and O–H groups in total. The number of carbonyl (C=O) groups excluding carboxylic acids is 4. The molecule has 0 amide bonds. The molecule has 2 bridgehead atoms. The van der Waals surface area contributed by atoms with E-state index >= 15 is 0 Å². The molecule has 2 aliphatic heterocycles. The molecule has 3 aliphatic rings. The second-order valence-corrected chi connectivity index (χ2v) is 7.98. The van der Waals surface area contributed by atoms with Gasteiger partial charge in [-0.1, -0.05) is 0 Å². The second-order valence-electron chi connectivity index (χ2n) is 7.98. The van der Waals surface area contributed by atoms with Crippen LogP contribution in [0.3, 0.4) is 0 Å². The van der Waals surface area contributed by atoms with Gasteiger partial charge in [0.2, 0.25) is 5.79 Å². The molecule has 31 heavy (non-hydrogen) atoms. The summed E-state index contributed by atoms with van der Waals surface area (Å²) in [5.74, 6) is -4.02. The first kappa shape index (κ1) is 25.0. The lowest BCUT2D eigenvalue weighted by Crippen LogP contribution is -2.78. The Kier molecular flexibility index (Phi) is 8.01. The van der Waals surface area contributed by atoms with E-state index in [0.717, 1.165) is 0 Å². The normalized spacial score (nSPS) is 31.8. The summed E-state index contributed by atoms with van der Waals surface area (Å²) in [6.07, 6.45) is -3.06. The van der Waals surface area contributed by atoms with Crippen LogP contribution in [0.25, 0.3) is 0 Å². The third-order valence-electron chi connectivity index (χ3n) is 5.18. The Morgan fingerprint density at radius 2 is 1.52 bits per heavy atom. The summed E-state index contributed by atoms with van der Waals surface area (Å²) in [4.78, 5) is 49.2. The first-order valence-electron chi connectivity index (χ1n) is 10.1. The Bertz CT molecular complexity index is 710. The van der Waals surface area contributed by atoms with Crippen molar-refractivity contribution in [3.63, 3.8) is 0 Å². The van der Waals surface area contributed by atoms with Crippen LogP contribution in [-0.2, 0) is 47.6 Å². The Balaban J connectivity index is 2.52. The zero-order valence-corrected chi connectivity index (χ0v) is 18.8. The van der Waals surface area contributed by atoms with Crippen LogP contribution in [0.2, 0.25) is 0 Å². The molecule has 0 spiro atoms. The van der Waals surface area contributed by atoms with Crippen molar-refractivity contribution in [1.82, 2.24) is 4.90 Å². The predicted octanol–water partition coefficient (Wildman–Crippen LogP) is 0.182. The number of rotatable bonds is 9. The Morgan fingerprint density at radius 3 is 2.03 bits per heavy atom. The number of hydrogen-bond acceptors (Lipinski definition) is 11. The van der Waals surface area contributed by atoms with E-state index in [-0.39, 0.29) is 26.1 Å². The van der Waals surface area contributed by atoms with E-state index < -0.39 is 53.6 Å². The fourth-order valence-corrected chi connectivity index (χ4v) is 4.02. The van der Waals surface area contributed by atoms with Crippen LogP contribution in [0, 0.1) is 0 Å². The van der Waals surface area contributed by atoms with Gasteiger partial charge in [-0.15, -0.1) is 0 Å². The first-order chi connectivity index (χ1) is 14.4. The van der Waals surface area contributed by atoms with Gasteiger partial charge in [-0.05, 0) is 20.5 Å². The van der Waals surface area contributed by atoms with Crippen molar-refractivity contribution in [2.45, 2.75) is 70.2 Å². The molecule has 0 radical (unpaired) electrons. The summed E-state index contributed by atoms with van der Waals surface area (Å²) in [5, 5.41) is 0. The number of nitrogens with zero attached hydrogens (tertiary/aromatic N) is 1. The number of hydrogen-bond donors (Lipinski definition) is 0. The van der Waals surface area contributed by atoms with Crippen molar-refractivity contribution in [3.8, 4) is 0 Å². The number of ether oxygens (including phenoxy) is 6.